The number of hydrogen-bond acceptors (Lipinski definition) is 5. The molecule has 0 aromatic carbocycles. The van der Waals surface area contributed by atoms with Gasteiger partial charge in [0.25, 0.3) is 5.91 Å². The first-order valence-corrected chi connectivity index (χ1v) is 9.03. The Kier molecular flexibility index (Phi) is 5.38. The van der Waals surface area contributed by atoms with E-state index in [0.717, 1.165) is 18.8 Å². The summed E-state index contributed by atoms with van der Waals surface area (Å²) in [5.74, 6) is -0.0521. The van der Waals surface area contributed by atoms with Crippen LogP contribution in [0, 0.1) is 6.92 Å². The average Bonchev–Trinajstić information content (AvgIpc) is 3.17. The number of pyridine rings is 1. The summed E-state index contributed by atoms with van der Waals surface area (Å²) in [6.07, 6.45) is 5.90. The Labute approximate surface area is 154 Å². The number of rotatable bonds is 6. The van der Waals surface area contributed by atoms with E-state index < -0.39 is 5.60 Å². The van der Waals surface area contributed by atoms with Gasteiger partial charge in [-0.1, -0.05) is 6.92 Å². The Morgan fingerprint density at radius 2 is 2.12 bits per heavy atom. The quantitative estimate of drug-likeness (QED) is 0.841. The van der Waals surface area contributed by atoms with Crippen LogP contribution in [0.4, 0.5) is 0 Å². The highest BCUT2D eigenvalue weighted by Gasteiger charge is 2.40. The van der Waals surface area contributed by atoms with E-state index in [-0.39, 0.29) is 5.91 Å². The minimum atomic E-state index is -0.880. The van der Waals surface area contributed by atoms with Crippen molar-refractivity contribution >= 4 is 5.91 Å². The molecule has 2 aromatic rings. The smallest absolute Gasteiger partial charge is 0.257 e. The molecule has 3 rings (SSSR count). The second-order valence-electron chi connectivity index (χ2n) is 7.16. The largest absolute Gasteiger partial charge is 0.387 e. The van der Waals surface area contributed by atoms with Gasteiger partial charge in [0, 0.05) is 45.3 Å². The van der Waals surface area contributed by atoms with Crippen LogP contribution in [0.3, 0.4) is 0 Å². The minimum Gasteiger partial charge on any atom is -0.387 e. The molecular weight excluding hydrogens is 330 g/mol. The molecule has 3 heterocycles. The van der Waals surface area contributed by atoms with Crippen LogP contribution >= 0.6 is 0 Å². The lowest BCUT2D eigenvalue weighted by Crippen LogP contribution is -2.45. The third-order valence-corrected chi connectivity index (χ3v) is 4.98. The van der Waals surface area contributed by atoms with Gasteiger partial charge in [0.1, 0.15) is 0 Å². The minimum absolute atomic E-state index is 0.0521. The Balaban J connectivity index is 1.64. The van der Waals surface area contributed by atoms with Crippen LogP contribution in [0.15, 0.2) is 30.7 Å². The van der Waals surface area contributed by atoms with Crippen LogP contribution in [0.5, 0.6) is 0 Å². The molecule has 7 heteroatoms. The van der Waals surface area contributed by atoms with Crippen molar-refractivity contribution in [2.24, 2.45) is 7.05 Å². The van der Waals surface area contributed by atoms with Crippen LogP contribution in [0.1, 0.15) is 35.0 Å². The number of nitrogens with zero attached hydrogens (tertiary/aromatic N) is 5. The number of amides is 1. The van der Waals surface area contributed by atoms with Crippen LogP contribution in [-0.2, 0) is 13.6 Å². The Morgan fingerprint density at radius 1 is 1.38 bits per heavy atom. The predicted molar refractivity (Wildman–Crippen MR) is 98.6 cm³/mol. The van der Waals surface area contributed by atoms with Gasteiger partial charge in [-0.25, -0.2) is 0 Å². The molecule has 1 fully saturated rings. The predicted octanol–water partition coefficient (Wildman–Crippen LogP) is 1.22. The molecule has 1 atom stereocenters. The van der Waals surface area contributed by atoms with Gasteiger partial charge in [0.05, 0.1) is 23.4 Å². The first-order chi connectivity index (χ1) is 12.4. The summed E-state index contributed by atoms with van der Waals surface area (Å²) in [5, 5.41) is 15.3. The van der Waals surface area contributed by atoms with Gasteiger partial charge < -0.3 is 10.0 Å². The number of carbonyl (C=O) groups excluding carboxylic acids is 1. The van der Waals surface area contributed by atoms with Crippen molar-refractivity contribution in [1.29, 1.82) is 0 Å². The topological polar surface area (TPSA) is 74.5 Å². The van der Waals surface area contributed by atoms with Crippen molar-refractivity contribution in [2.45, 2.75) is 32.4 Å². The molecule has 1 aliphatic heterocycles. The van der Waals surface area contributed by atoms with E-state index in [1.54, 1.807) is 28.2 Å². The lowest BCUT2D eigenvalue weighted by Gasteiger charge is -2.30. The molecule has 26 heavy (non-hydrogen) atoms. The first kappa shape index (κ1) is 18.5. The van der Waals surface area contributed by atoms with E-state index in [0.29, 0.717) is 31.6 Å². The molecule has 0 radical (unpaired) electrons. The summed E-state index contributed by atoms with van der Waals surface area (Å²) in [7, 11) is 1.81. The van der Waals surface area contributed by atoms with Gasteiger partial charge in [-0.05, 0) is 37.6 Å². The molecule has 1 aliphatic rings. The lowest BCUT2D eigenvalue weighted by atomic mass is 10.0. The fraction of sp³-hybridized carbons (Fsp3) is 0.526. The summed E-state index contributed by atoms with van der Waals surface area (Å²) >= 11 is 0. The second kappa shape index (κ2) is 7.55. The standard InChI is InChI=1S/C19H27N5O2/c1-4-23(11-16-5-8-20-9-6-16)13-19(26)7-10-24(14-19)18(25)17-12-22(3)21-15(17)2/h5-6,8-9,12,26H,4,7,10-11,13-14H2,1-3H3. The van der Waals surface area contributed by atoms with E-state index in [1.807, 2.05) is 26.1 Å². The number of aromatic nitrogens is 3. The number of carbonyl (C=O) groups is 1. The van der Waals surface area contributed by atoms with Crippen molar-refractivity contribution in [1.82, 2.24) is 24.6 Å². The highest BCUT2D eigenvalue weighted by Crippen LogP contribution is 2.25. The first-order valence-electron chi connectivity index (χ1n) is 9.03. The van der Waals surface area contributed by atoms with Gasteiger partial charge in [-0.15, -0.1) is 0 Å². The lowest BCUT2D eigenvalue weighted by molar-refractivity contribution is 0.0108. The second-order valence-corrected chi connectivity index (χ2v) is 7.16. The molecule has 0 bridgehead atoms. The highest BCUT2D eigenvalue weighted by molar-refractivity contribution is 5.95. The molecule has 1 saturated heterocycles. The van der Waals surface area contributed by atoms with E-state index in [1.165, 1.54) is 5.56 Å². The van der Waals surface area contributed by atoms with Gasteiger partial charge in [-0.2, -0.15) is 5.10 Å². The van der Waals surface area contributed by atoms with Gasteiger partial charge in [0.15, 0.2) is 0 Å². The Bertz CT molecular complexity index is 761. The van der Waals surface area contributed by atoms with Crippen molar-refractivity contribution < 1.29 is 9.90 Å². The zero-order valence-corrected chi connectivity index (χ0v) is 15.7. The monoisotopic (exact) mass is 357 g/mol. The van der Waals surface area contributed by atoms with Gasteiger partial charge in [0.2, 0.25) is 0 Å². The highest BCUT2D eigenvalue weighted by atomic mass is 16.3. The fourth-order valence-corrected chi connectivity index (χ4v) is 3.58. The van der Waals surface area contributed by atoms with Gasteiger partial charge >= 0.3 is 0 Å². The Morgan fingerprint density at radius 3 is 2.73 bits per heavy atom. The van der Waals surface area contributed by atoms with Crippen LogP contribution < -0.4 is 0 Å². The van der Waals surface area contributed by atoms with Crippen LogP contribution in [0.25, 0.3) is 0 Å². The van der Waals surface area contributed by atoms with Gasteiger partial charge in [-0.3, -0.25) is 19.4 Å². The zero-order chi connectivity index (χ0) is 18.7. The van der Waals surface area contributed by atoms with Crippen molar-refractivity contribution in [2.75, 3.05) is 26.2 Å². The van der Waals surface area contributed by atoms with Crippen molar-refractivity contribution in [3.8, 4) is 0 Å². The summed E-state index contributed by atoms with van der Waals surface area (Å²) in [4.78, 5) is 20.7. The third-order valence-electron chi connectivity index (χ3n) is 4.98. The van der Waals surface area contributed by atoms with Crippen molar-refractivity contribution in [3.63, 3.8) is 0 Å². The normalized spacial score (nSPS) is 20.1. The Hall–Kier alpha value is -2.25. The molecule has 1 unspecified atom stereocenters. The fourth-order valence-electron chi connectivity index (χ4n) is 3.58. The number of aryl methyl sites for hydroxylation is 2. The summed E-state index contributed by atoms with van der Waals surface area (Å²) < 4.78 is 1.65. The molecule has 1 N–H and O–H groups in total. The molecule has 140 valence electrons. The SMILES string of the molecule is CCN(Cc1ccncc1)CC1(O)CCN(C(=O)c2cn(C)nc2C)C1. The average molecular weight is 357 g/mol. The van der Waals surface area contributed by atoms with E-state index >= 15 is 0 Å². The third kappa shape index (κ3) is 4.11. The molecule has 0 saturated carbocycles. The number of β-amino-alcohol motifs (C(OH)–C–C–N with tert-alkyl or cyclic N) is 1. The number of likely N-dealkylation sites (tertiary alicyclic amines) is 1. The molecular formula is C19H27N5O2. The maximum atomic E-state index is 12.8. The van der Waals surface area contributed by atoms with Crippen LogP contribution in [0.2, 0.25) is 0 Å². The van der Waals surface area contributed by atoms with Crippen molar-refractivity contribution in [3.05, 3.63) is 47.5 Å². The summed E-state index contributed by atoms with van der Waals surface area (Å²) in [6.45, 7) is 6.98. The number of hydrogen-bond donors (Lipinski definition) is 1. The maximum absolute atomic E-state index is 12.8. The van der Waals surface area contributed by atoms with Crippen LogP contribution in [-0.4, -0.2) is 67.4 Å². The molecule has 1 amide bonds. The molecule has 7 nitrogen and oxygen atoms in total. The number of aliphatic hydroxyl groups is 1. The number of likely N-dealkylation sites (N-methyl/N-ethyl adjacent to an activating group) is 1. The molecule has 2 aromatic heterocycles. The van der Waals surface area contributed by atoms with E-state index in [4.69, 9.17) is 0 Å². The summed E-state index contributed by atoms with van der Waals surface area (Å²) in [6, 6.07) is 3.98. The van der Waals surface area contributed by atoms with E-state index in [9.17, 15) is 9.90 Å². The molecule has 0 spiro atoms. The zero-order valence-electron chi connectivity index (χ0n) is 15.7. The summed E-state index contributed by atoms with van der Waals surface area (Å²) in [5.41, 5.74) is 1.62. The maximum Gasteiger partial charge on any atom is 0.257 e. The van der Waals surface area contributed by atoms with E-state index in [2.05, 4.69) is 21.9 Å². The molecule has 0 aliphatic carbocycles.